The summed E-state index contributed by atoms with van der Waals surface area (Å²) >= 11 is 0. The summed E-state index contributed by atoms with van der Waals surface area (Å²) in [5.74, 6) is -1.69. The Hall–Kier alpha value is -4.07. The lowest BCUT2D eigenvalue weighted by Crippen LogP contribution is -2.46. The number of ether oxygens (including phenoxy) is 1. The Labute approximate surface area is 197 Å². The topological polar surface area (TPSA) is 110 Å². The molecule has 1 aliphatic carbocycles. The standard InChI is InChI=1S/C26H27N3O5/c1-16-11-12-17(2)29(16)28-25(32)23(13-14-24(30)31)27-26(33)34-15-22-20-9-5-3-7-18(20)19-8-4-6-10-21(19)22/h3-12,22-23H,13-15H2,1-2H3,(H,27,33)(H,28,32)(H,30,31). The Balaban J connectivity index is 1.44. The number of carbonyl (C=O) groups excluding carboxylic acids is 2. The van der Waals surface area contributed by atoms with Crippen LogP contribution in [0.2, 0.25) is 0 Å². The fourth-order valence-corrected chi connectivity index (χ4v) is 4.35. The summed E-state index contributed by atoms with van der Waals surface area (Å²) in [6, 6.07) is 18.6. The highest BCUT2D eigenvalue weighted by atomic mass is 16.5. The second-order valence-corrected chi connectivity index (χ2v) is 8.38. The molecular formula is C26H27N3O5. The summed E-state index contributed by atoms with van der Waals surface area (Å²) in [4.78, 5) is 36.6. The number of hydrogen-bond acceptors (Lipinski definition) is 4. The monoisotopic (exact) mass is 461 g/mol. The maximum atomic E-state index is 12.9. The highest BCUT2D eigenvalue weighted by molar-refractivity contribution is 5.92. The van der Waals surface area contributed by atoms with Crippen LogP contribution in [-0.4, -0.2) is 40.4 Å². The Morgan fingerprint density at radius 1 is 0.941 bits per heavy atom. The lowest BCUT2D eigenvalue weighted by molar-refractivity contribution is -0.137. The van der Waals surface area contributed by atoms with E-state index < -0.39 is 24.0 Å². The van der Waals surface area contributed by atoms with Gasteiger partial charge < -0.3 is 15.2 Å². The molecule has 0 fully saturated rings. The summed E-state index contributed by atoms with van der Waals surface area (Å²) < 4.78 is 7.12. The number of aryl methyl sites for hydroxylation is 2. The largest absolute Gasteiger partial charge is 0.481 e. The van der Waals surface area contributed by atoms with Gasteiger partial charge in [-0.3, -0.25) is 19.7 Å². The molecule has 0 saturated carbocycles. The number of nitrogens with zero attached hydrogens (tertiary/aromatic N) is 1. The van der Waals surface area contributed by atoms with Gasteiger partial charge in [-0.05, 0) is 54.7 Å². The van der Waals surface area contributed by atoms with E-state index in [1.165, 1.54) is 0 Å². The normalized spacial score (nSPS) is 13.0. The van der Waals surface area contributed by atoms with Crippen molar-refractivity contribution < 1.29 is 24.2 Å². The SMILES string of the molecule is Cc1ccc(C)n1NC(=O)C(CCC(=O)O)NC(=O)OCC1c2ccccc2-c2ccccc21. The van der Waals surface area contributed by atoms with Gasteiger partial charge in [0.1, 0.15) is 12.6 Å². The first-order valence-electron chi connectivity index (χ1n) is 11.1. The second kappa shape index (κ2) is 9.82. The maximum absolute atomic E-state index is 12.9. The van der Waals surface area contributed by atoms with Crippen molar-refractivity contribution in [1.29, 1.82) is 0 Å². The minimum absolute atomic E-state index is 0.0648. The molecule has 8 heteroatoms. The van der Waals surface area contributed by atoms with E-state index in [1.807, 2.05) is 74.5 Å². The van der Waals surface area contributed by atoms with Crippen LogP contribution in [0.5, 0.6) is 0 Å². The van der Waals surface area contributed by atoms with Gasteiger partial charge in [-0.25, -0.2) is 4.79 Å². The number of carbonyl (C=O) groups is 3. The average molecular weight is 462 g/mol. The molecule has 0 aliphatic heterocycles. The van der Waals surface area contributed by atoms with Crippen molar-refractivity contribution >= 4 is 18.0 Å². The van der Waals surface area contributed by atoms with Gasteiger partial charge in [-0.15, -0.1) is 0 Å². The minimum atomic E-state index is -1.06. The predicted octanol–water partition coefficient (Wildman–Crippen LogP) is 3.95. The molecule has 1 aromatic heterocycles. The molecule has 1 unspecified atom stereocenters. The Morgan fingerprint density at radius 2 is 1.50 bits per heavy atom. The first-order chi connectivity index (χ1) is 16.3. The molecule has 4 rings (SSSR count). The molecule has 0 spiro atoms. The van der Waals surface area contributed by atoms with E-state index in [-0.39, 0.29) is 25.4 Å². The van der Waals surface area contributed by atoms with Crippen LogP contribution in [0.3, 0.4) is 0 Å². The number of carboxylic acids is 1. The molecule has 3 aromatic rings. The van der Waals surface area contributed by atoms with Crippen LogP contribution in [-0.2, 0) is 14.3 Å². The van der Waals surface area contributed by atoms with E-state index in [1.54, 1.807) is 4.68 Å². The molecule has 3 N–H and O–H groups in total. The van der Waals surface area contributed by atoms with Gasteiger partial charge >= 0.3 is 12.1 Å². The van der Waals surface area contributed by atoms with Crippen molar-refractivity contribution in [1.82, 2.24) is 9.99 Å². The van der Waals surface area contributed by atoms with E-state index in [9.17, 15) is 14.4 Å². The number of nitrogens with one attached hydrogen (secondary N) is 2. The minimum Gasteiger partial charge on any atom is -0.481 e. The zero-order valence-corrected chi connectivity index (χ0v) is 19.1. The van der Waals surface area contributed by atoms with Crippen LogP contribution in [0.25, 0.3) is 11.1 Å². The number of alkyl carbamates (subject to hydrolysis) is 1. The Kier molecular flexibility index (Phi) is 6.67. The van der Waals surface area contributed by atoms with Crippen molar-refractivity contribution in [2.45, 2.75) is 38.6 Å². The van der Waals surface area contributed by atoms with Crippen LogP contribution in [0, 0.1) is 13.8 Å². The molecule has 0 radical (unpaired) electrons. The van der Waals surface area contributed by atoms with Gasteiger partial charge in [-0.2, -0.15) is 0 Å². The van der Waals surface area contributed by atoms with Crippen LogP contribution in [0.1, 0.15) is 41.3 Å². The van der Waals surface area contributed by atoms with Crippen molar-refractivity contribution in [2.75, 3.05) is 12.0 Å². The van der Waals surface area contributed by atoms with Gasteiger partial charge in [-0.1, -0.05) is 48.5 Å². The van der Waals surface area contributed by atoms with Crippen LogP contribution in [0.15, 0.2) is 60.7 Å². The number of amides is 2. The average Bonchev–Trinajstić information content (AvgIpc) is 3.32. The number of carboxylic acid groups (broad SMARTS) is 1. The smallest absolute Gasteiger partial charge is 0.407 e. The Morgan fingerprint density at radius 3 is 2.06 bits per heavy atom. The van der Waals surface area contributed by atoms with Gasteiger partial charge in [0.2, 0.25) is 0 Å². The predicted molar refractivity (Wildman–Crippen MR) is 127 cm³/mol. The van der Waals surface area contributed by atoms with Crippen LogP contribution >= 0.6 is 0 Å². The fraction of sp³-hybridized carbons (Fsp3) is 0.269. The second-order valence-electron chi connectivity index (χ2n) is 8.38. The molecule has 2 aromatic carbocycles. The number of rotatable bonds is 8. The number of benzene rings is 2. The van der Waals surface area contributed by atoms with E-state index in [0.717, 1.165) is 33.6 Å². The van der Waals surface area contributed by atoms with Gasteiger partial charge in [0.05, 0.1) is 0 Å². The van der Waals surface area contributed by atoms with Crippen molar-refractivity contribution in [2.24, 2.45) is 0 Å². The Bertz CT molecular complexity index is 1170. The third kappa shape index (κ3) is 4.80. The van der Waals surface area contributed by atoms with Crippen molar-refractivity contribution in [3.63, 3.8) is 0 Å². The fourth-order valence-electron chi connectivity index (χ4n) is 4.35. The molecule has 1 atom stereocenters. The van der Waals surface area contributed by atoms with Crippen LogP contribution < -0.4 is 10.7 Å². The van der Waals surface area contributed by atoms with Gasteiger partial charge in [0, 0.05) is 23.7 Å². The zero-order chi connectivity index (χ0) is 24.2. The zero-order valence-electron chi connectivity index (χ0n) is 19.1. The summed E-state index contributed by atoms with van der Waals surface area (Å²) in [7, 11) is 0. The number of aliphatic carboxylic acids is 1. The first-order valence-corrected chi connectivity index (χ1v) is 11.1. The molecule has 8 nitrogen and oxygen atoms in total. The van der Waals surface area contributed by atoms with E-state index in [4.69, 9.17) is 9.84 Å². The molecule has 1 aliphatic rings. The van der Waals surface area contributed by atoms with Crippen molar-refractivity contribution in [3.05, 3.63) is 83.2 Å². The summed E-state index contributed by atoms with van der Waals surface area (Å²) in [6.45, 7) is 3.76. The lowest BCUT2D eigenvalue weighted by atomic mass is 9.98. The molecule has 0 saturated heterocycles. The highest BCUT2D eigenvalue weighted by Gasteiger charge is 2.30. The molecule has 0 bridgehead atoms. The lowest BCUT2D eigenvalue weighted by Gasteiger charge is -2.20. The van der Waals surface area contributed by atoms with Gasteiger partial charge in [0.25, 0.3) is 5.91 Å². The quantitative estimate of drug-likeness (QED) is 0.471. The van der Waals surface area contributed by atoms with E-state index in [0.29, 0.717) is 0 Å². The van der Waals surface area contributed by atoms with Crippen LogP contribution in [0.4, 0.5) is 4.79 Å². The summed E-state index contributed by atoms with van der Waals surface area (Å²) in [5, 5.41) is 11.6. The maximum Gasteiger partial charge on any atom is 0.407 e. The van der Waals surface area contributed by atoms with E-state index in [2.05, 4.69) is 10.7 Å². The summed E-state index contributed by atoms with van der Waals surface area (Å²) in [6.07, 6.45) is -1.11. The molecule has 176 valence electrons. The van der Waals surface area contributed by atoms with Gasteiger partial charge in [0.15, 0.2) is 0 Å². The molecule has 34 heavy (non-hydrogen) atoms. The summed E-state index contributed by atoms with van der Waals surface area (Å²) in [5.41, 5.74) is 8.73. The number of hydrogen-bond donors (Lipinski definition) is 3. The molecule has 1 heterocycles. The number of aromatic nitrogens is 1. The first kappa shape index (κ1) is 23.1. The van der Waals surface area contributed by atoms with Crippen molar-refractivity contribution in [3.8, 4) is 11.1 Å². The molecule has 2 amide bonds. The molecular weight excluding hydrogens is 434 g/mol. The third-order valence-electron chi connectivity index (χ3n) is 6.09. The third-order valence-corrected chi connectivity index (χ3v) is 6.09. The number of fused-ring (bicyclic) bond motifs is 3. The van der Waals surface area contributed by atoms with E-state index >= 15 is 0 Å². The highest BCUT2D eigenvalue weighted by Crippen LogP contribution is 2.44.